The molecule has 0 saturated carbocycles. The highest BCUT2D eigenvalue weighted by Gasteiger charge is 1.97. The number of rotatable bonds is 20. The Balaban J connectivity index is -0.000000212. The third-order valence-corrected chi connectivity index (χ3v) is 4.99. The van der Waals surface area contributed by atoms with Crippen molar-refractivity contribution in [1.29, 1.82) is 0 Å². The Morgan fingerprint density at radius 2 is 0.625 bits per heavy atom. The highest BCUT2D eigenvalue weighted by atomic mass is 16.4. The molecule has 0 heterocycles. The van der Waals surface area contributed by atoms with Crippen LogP contribution in [-0.2, 0) is 9.59 Å². The van der Waals surface area contributed by atoms with E-state index in [2.05, 4.69) is 40.2 Å². The molecule has 0 amide bonds. The van der Waals surface area contributed by atoms with Crippen LogP contribution in [0, 0.1) is 0 Å². The molecule has 2 N–H and O–H groups in total. The van der Waals surface area contributed by atoms with Gasteiger partial charge in [-0.3, -0.25) is 9.59 Å². The molecule has 0 spiro atoms. The lowest BCUT2D eigenvalue weighted by molar-refractivity contribution is -0.138. The highest BCUT2D eigenvalue weighted by Crippen LogP contribution is 2.11. The van der Waals surface area contributed by atoms with Gasteiger partial charge in [-0.2, -0.15) is 0 Å². The van der Waals surface area contributed by atoms with Crippen LogP contribution in [-0.4, -0.2) is 22.2 Å². The van der Waals surface area contributed by atoms with Crippen molar-refractivity contribution in [2.24, 2.45) is 0 Å². The van der Waals surface area contributed by atoms with E-state index in [-0.39, 0.29) is 0 Å². The van der Waals surface area contributed by atoms with E-state index < -0.39 is 11.9 Å². The first-order valence-electron chi connectivity index (χ1n) is 13.0. The van der Waals surface area contributed by atoms with Crippen LogP contribution in [0.15, 0.2) is 26.3 Å². The SMILES string of the molecule is C=C.C=C.CCCCCCCCCCCC(=O)O.CCCCCCCCCCCC(=O)O. The first-order chi connectivity index (χ1) is 15.5. The summed E-state index contributed by atoms with van der Waals surface area (Å²) in [5.74, 6) is -1.32. The predicted octanol–water partition coefficient (Wildman–Crippen LogP) is 9.59. The Hall–Kier alpha value is -1.58. The lowest BCUT2D eigenvalue weighted by atomic mass is 10.1. The van der Waals surface area contributed by atoms with Gasteiger partial charge in [0.15, 0.2) is 0 Å². The van der Waals surface area contributed by atoms with Crippen LogP contribution in [0.4, 0.5) is 0 Å². The van der Waals surface area contributed by atoms with Crippen molar-refractivity contribution in [3.05, 3.63) is 26.3 Å². The topological polar surface area (TPSA) is 74.6 Å². The molecule has 0 bridgehead atoms. The average Bonchev–Trinajstić information content (AvgIpc) is 2.79. The van der Waals surface area contributed by atoms with Gasteiger partial charge in [0.25, 0.3) is 0 Å². The number of hydrogen-bond acceptors (Lipinski definition) is 2. The number of carbonyl (C=O) groups is 2. The molecule has 0 aliphatic heterocycles. The van der Waals surface area contributed by atoms with Gasteiger partial charge in [0.2, 0.25) is 0 Å². The number of carboxylic acids is 2. The predicted molar refractivity (Wildman–Crippen MR) is 141 cm³/mol. The van der Waals surface area contributed by atoms with Gasteiger partial charge in [-0.1, -0.05) is 117 Å². The quantitative estimate of drug-likeness (QED) is 0.141. The summed E-state index contributed by atoms with van der Waals surface area (Å²) in [6, 6.07) is 0. The van der Waals surface area contributed by atoms with Crippen LogP contribution in [0.2, 0.25) is 0 Å². The Kier molecular flexibility index (Phi) is 47.0. The molecule has 0 atom stereocenters. The van der Waals surface area contributed by atoms with E-state index in [4.69, 9.17) is 10.2 Å². The van der Waals surface area contributed by atoms with Crippen molar-refractivity contribution in [3.63, 3.8) is 0 Å². The molecule has 0 fully saturated rings. The number of unbranched alkanes of at least 4 members (excludes halogenated alkanes) is 16. The molecular formula is C28H56O4. The summed E-state index contributed by atoms with van der Waals surface area (Å²) in [5, 5.41) is 16.8. The third kappa shape index (κ3) is 51.2. The van der Waals surface area contributed by atoms with E-state index in [0.717, 1.165) is 25.7 Å². The zero-order chi connectivity index (χ0) is 25.3. The normalized spacial score (nSPS) is 9.31. The first kappa shape index (κ1) is 37.7. The largest absolute Gasteiger partial charge is 0.481 e. The van der Waals surface area contributed by atoms with Gasteiger partial charge in [-0.05, 0) is 12.8 Å². The lowest BCUT2D eigenvalue weighted by Gasteiger charge is -2.00. The Bertz CT molecular complexity index is 321. The summed E-state index contributed by atoms with van der Waals surface area (Å²) in [6.45, 7) is 16.5. The fraction of sp³-hybridized carbons (Fsp3) is 0.786. The maximum atomic E-state index is 10.2. The second kappa shape index (κ2) is 39.8. The summed E-state index contributed by atoms with van der Waals surface area (Å²) >= 11 is 0. The molecule has 4 heteroatoms. The average molecular weight is 457 g/mol. The van der Waals surface area contributed by atoms with E-state index in [1.807, 2.05) is 0 Å². The molecular weight excluding hydrogens is 400 g/mol. The summed E-state index contributed by atoms with van der Waals surface area (Å²) < 4.78 is 0. The maximum Gasteiger partial charge on any atom is 0.303 e. The monoisotopic (exact) mass is 456 g/mol. The molecule has 0 unspecified atom stereocenters. The van der Waals surface area contributed by atoms with Gasteiger partial charge in [-0.25, -0.2) is 0 Å². The number of carboxylic acid groups (broad SMARTS) is 2. The van der Waals surface area contributed by atoms with Gasteiger partial charge < -0.3 is 10.2 Å². The lowest BCUT2D eigenvalue weighted by Crippen LogP contribution is -1.93. The fourth-order valence-corrected chi connectivity index (χ4v) is 3.17. The molecule has 0 aromatic rings. The van der Waals surface area contributed by atoms with E-state index in [1.165, 1.54) is 89.9 Å². The van der Waals surface area contributed by atoms with Crippen LogP contribution in [0.5, 0.6) is 0 Å². The summed E-state index contributed by atoms with van der Waals surface area (Å²) in [5.41, 5.74) is 0. The fourth-order valence-electron chi connectivity index (χ4n) is 3.17. The maximum absolute atomic E-state index is 10.2. The minimum absolute atomic E-state index is 0.343. The van der Waals surface area contributed by atoms with Gasteiger partial charge >= 0.3 is 11.9 Å². The van der Waals surface area contributed by atoms with Gasteiger partial charge in [0.05, 0.1) is 0 Å². The second-order valence-corrected chi connectivity index (χ2v) is 7.94. The van der Waals surface area contributed by atoms with Crippen molar-refractivity contribution < 1.29 is 19.8 Å². The third-order valence-electron chi connectivity index (χ3n) is 4.99. The van der Waals surface area contributed by atoms with Crippen LogP contribution < -0.4 is 0 Å². The molecule has 0 aliphatic rings. The Morgan fingerprint density at radius 1 is 0.438 bits per heavy atom. The van der Waals surface area contributed by atoms with Crippen LogP contribution >= 0.6 is 0 Å². The highest BCUT2D eigenvalue weighted by molar-refractivity contribution is 5.66. The number of aliphatic carboxylic acids is 2. The summed E-state index contributed by atoms with van der Waals surface area (Å²) in [6.07, 6.45) is 23.0. The van der Waals surface area contributed by atoms with Crippen LogP contribution in [0.1, 0.15) is 142 Å². The van der Waals surface area contributed by atoms with E-state index in [1.54, 1.807) is 0 Å². The second-order valence-electron chi connectivity index (χ2n) is 7.94. The smallest absolute Gasteiger partial charge is 0.303 e. The van der Waals surface area contributed by atoms with Gasteiger partial charge in [0.1, 0.15) is 0 Å². The van der Waals surface area contributed by atoms with Crippen molar-refractivity contribution >= 4 is 11.9 Å². The zero-order valence-electron chi connectivity index (χ0n) is 21.7. The number of hydrogen-bond donors (Lipinski definition) is 2. The molecule has 0 saturated heterocycles. The molecule has 4 nitrogen and oxygen atoms in total. The minimum atomic E-state index is -0.659. The molecule has 0 radical (unpaired) electrons. The van der Waals surface area contributed by atoms with E-state index >= 15 is 0 Å². The van der Waals surface area contributed by atoms with Crippen LogP contribution in [0.25, 0.3) is 0 Å². The van der Waals surface area contributed by atoms with Crippen molar-refractivity contribution in [2.75, 3.05) is 0 Å². The molecule has 0 aromatic heterocycles. The zero-order valence-corrected chi connectivity index (χ0v) is 21.7. The minimum Gasteiger partial charge on any atom is -0.481 e. The van der Waals surface area contributed by atoms with Crippen molar-refractivity contribution in [2.45, 2.75) is 142 Å². The molecule has 0 rings (SSSR count). The molecule has 0 aromatic carbocycles. The van der Waals surface area contributed by atoms with Crippen molar-refractivity contribution in [3.8, 4) is 0 Å². The Labute approximate surface area is 200 Å². The molecule has 192 valence electrons. The first-order valence-corrected chi connectivity index (χ1v) is 13.0. The summed E-state index contributed by atoms with van der Waals surface area (Å²) in [4.78, 5) is 20.4. The Morgan fingerprint density at radius 3 is 0.812 bits per heavy atom. The van der Waals surface area contributed by atoms with Gasteiger partial charge in [0, 0.05) is 12.8 Å². The molecule has 0 aliphatic carbocycles. The van der Waals surface area contributed by atoms with E-state index in [0.29, 0.717) is 12.8 Å². The van der Waals surface area contributed by atoms with Crippen molar-refractivity contribution in [1.82, 2.24) is 0 Å². The standard InChI is InChI=1S/2C12H24O2.2C2H4/c2*1-2-3-4-5-6-7-8-9-10-11-12(13)14;2*1-2/h2*2-11H2,1H3,(H,13,14);2*1-2H2. The van der Waals surface area contributed by atoms with E-state index in [9.17, 15) is 9.59 Å². The summed E-state index contributed by atoms with van der Waals surface area (Å²) in [7, 11) is 0. The van der Waals surface area contributed by atoms with Gasteiger partial charge in [-0.15, -0.1) is 26.3 Å². The molecule has 32 heavy (non-hydrogen) atoms. The van der Waals surface area contributed by atoms with Crippen LogP contribution in [0.3, 0.4) is 0 Å².